The fourth-order valence-electron chi connectivity index (χ4n) is 9.56. The third-order valence-corrected chi connectivity index (χ3v) is 14.8. The molecule has 4 bridgehead atoms. The molecule has 2 saturated heterocycles. The average molecular weight is 814 g/mol. The Bertz CT molecular complexity index is 2320. The van der Waals surface area contributed by atoms with Crippen molar-refractivity contribution < 1.29 is 37.1 Å². The summed E-state index contributed by atoms with van der Waals surface area (Å²) in [4.78, 5) is 65.3. The van der Waals surface area contributed by atoms with Gasteiger partial charge in [0.1, 0.15) is 29.2 Å². The molecule has 9 rings (SSSR count). The lowest BCUT2D eigenvalue weighted by molar-refractivity contribution is -0.142. The summed E-state index contributed by atoms with van der Waals surface area (Å²) >= 11 is 0. The number of pyridine rings is 1. The van der Waals surface area contributed by atoms with Crippen LogP contribution in [0.25, 0.3) is 21.8 Å². The first-order valence-electron chi connectivity index (χ1n) is 20.6. The molecule has 16 heteroatoms. The van der Waals surface area contributed by atoms with Crippen LogP contribution in [-0.2, 0) is 35.7 Å². The van der Waals surface area contributed by atoms with Crippen molar-refractivity contribution in [1.29, 1.82) is 0 Å². The van der Waals surface area contributed by atoms with Gasteiger partial charge in [-0.25, -0.2) is 18.2 Å². The molecule has 3 N–H and O–H groups in total. The van der Waals surface area contributed by atoms with E-state index < -0.39 is 62.6 Å². The number of carbonyl (C=O) groups excluding carboxylic acids is 4. The van der Waals surface area contributed by atoms with Gasteiger partial charge in [0, 0.05) is 48.9 Å². The number of aromatic nitrogens is 2. The molecule has 5 amide bonds. The lowest BCUT2D eigenvalue weighted by atomic mass is 9.96. The van der Waals surface area contributed by atoms with Crippen LogP contribution >= 0.6 is 0 Å². The number of nitrogens with one attached hydrogen (secondary N) is 3. The van der Waals surface area contributed by atoms with Gasteiger partial charge in [0.15, 0.2) is 0 Å². The monoisotopic (exact) mass is 813 g/mol. The maximum atomic E-state index is 15.0. The molecule has 0 unspecified atom stereocenters. The zero-order valence-electron chi connectivity index (χ0n) is 32.7. The Balaban J connectivity index is 1.09. The van der Waals surface area contributed by atoms with Gasteiger partial charge in [0.25, 0.3) is 5.91 Å². The molecular formula is C42H51N7O8S. The molecular weight excluding hydrogens is 763 g/mol. The third kappa shape index (κ3) is 7.11. The van der Waals surface area contributed by atoms with E-state index in [0.717, 1.165) is 53.1 Å². The number of nitrogens with zero attached hydrogens (tertiary/aromatic N) is 4. The van der Waals surface area contributed by atoms with E-state index in [1.54, 1.807) is 4.90 Å². The summed E-state index contributed by atoms with van der Waals surface area (Å²) in [6, 6.07) is 5.50. The number of aryl methyl sites for hydroxylation is 1. The summed E-state index contributed by atoms with van der Waals surface area (Å²) in [6.45, 7) is 7.68. The number of para-hydroxylation sites is 1. The topological polar surface area (TPSA) is 181 Å². The molecule has 0 spiro atoms. The molecule has 308 valence electrons. The number of rotatable bonds is 7. The molecule has 6 aliphatic rings. The Morgan fingerprint density at radius 2 is 1.84 bits per heavy atom. The van der Waals surface area contributed by atoms with Crippen molar-refractivity contribution in [2.75, 3.05) is 26.2 Å². The molecule has 58 heavy (non-hydrogen) atoms. The minimum atomic E-state index is -3.90. The quantitative estimate of drug-likeness (QED) is 0.301. The van der Waals surface area contributed by atoms with Crippen LogP contribution < -0.4 is 20.1 Å². The van der Waals surface area contributed by atoms with Gasteiger partial charge in [-0.1, -0.05) is 49.3 Å². The summed E-state index contributed by atoms with van der Waals surface area (Å²) in [6.07, 6.45) is 11.9. The van der Waals surface area contributed by atoms with Crippen LogP contribution in [0.15, 0.2) is 55.3 Å². The van der Waals surface area contributed by atoms with Crippen molar-refractivity contribution in [1.82, 2.24) is 34.7 Å². The van der Waals surface area contributed by atoms with Gasteiger partial charge in [-0.3, -0.25) is 19.1 Å². The molecule has 3 aliphatic heterocycles. The van der Waals surface area contributed by atoms with Crippen molar-refractivity contribution in [3.8, 4) is 5.88 Å². The maximum Gasteiger partial charge on any atom is 0.318 e. The highest BCUT2D eigenvalue weighted by molar-refractivity contribution is 7.91. The molecule has 3 aromatic rings. The molecule has 2 aromatic heterocycles. The SMILES string of the molecule is C=C[C@@H]1C[C@]1(NC(=O)[C@H]1C[C@H]2CN1C(=O)[C@H](C1CCCC1)NC(=O)N1CC[C@H](C1)OCC=CCn1cc(C)c3c4ccccc4nc(c31)O2)C(=O)NS(=O)(=O)C1CC1. The van der Waals surface area contributed by atoms with E-state index in [1.165, 1.54) is 11.0 Å². The molecule has 3 saturated carbocycles. The van der Waals surface area contributed by atoms with Crippen molar-refractivity contribution in [3.05, 3.63) is 60.8 Å². The minimum absolute atomic E-state index is 0.0192. The van der Waals surface area contributed by atoms with Gasteiger partial charge in [-0.15, -0.1) is 6.58 Å². The standard InChI is InChI=1S/C42H51N7O8S/c1-3-27-21-42(27,40(52)46-58(54,55)30-14-15-30)45-37(50)33-20-29-24-49(33)39(51)35(26-10-4-5-11-26)44-41(53)48-18-16-28(23-48)56-19-9-8-17-47-22-25(2)34-31-12-6-7-13-32(31)43-38(57-29)36(34)47/h3,6-9,12-13,22,26-30,33,35H,1,4-5,10-11,14-21,23-24H2,2H3,(H,44,53)(H,45,50)(H,46,52)/t27-,28-,29+,33-,35+,42-/m1/s1. The zero-order valence-corrected chi connectivity index (χ0v) is 33.5. The highest BCUT2D eigenvalue weighted by atomic mass is 32.2. The van der Waals surface area contributed by atoms with E-state index in [4.69, 9.17) is 14.5 Å². The number of sulfonamides is 1. The first-order chi connectivity index (χ1) is 28.0. The van der Waals surface area contributed by atoms with Gasteiger partial charge < -0.3 is 34.5 Å². The second-order valence-electron chi connectivity index (χ2n) is 16.9. The van der Waals surface area contributed by atoms with Gasteiger partial charge in [0.05, 0.1) is 30.0 Å². The van der Waals surface area contributed by atoms with Crippen LogP contribution in [0.1, 0.15) is 63.4 Å². The number of hydrogen-bond donors (Lipinski definition) is 3. The average Bonchev–Trinajstić information content (AvgIpc) is 3.88. The van der Waals surface area contributed by atoms with Crippen molar-refractivity contribution >= 4 is 55.6 Å². The largest absolute Gasteiger partial charge is 0.471 e. The lowest BCUT2D eigenvalue weighted by Gasteiger charge is -2.33. The second-order valence-corrected chi connectivity index (χ2v) is 18.9. The van der Waals surface area contributed by atoms with Crippen LogP contribution in [0.2, 0.25) is 0 Å². The fraction of sp³-hybridized carbons (Fsp3) is 0.548. The Kier molecular flexibility index (Phi) is 9.98. The minimum Gasteiger partial charge on any atom is -0.471 e. The van der Waals surface area contributed by atoms with E-state index in [1.807, 2.05) is 36.4 Å². The second kappa shape index (κ2) is 15.0. The maximum absolute atomic E-state index is 15.0. The van der Waals surface area contributed by atoms with Crippen molar-refractivity contribution in [3.63, 3.8) is 0 Å². The van der Waals surface area contributed by atoms with Gasteiger partial charge in [0.2, 0.25) is 27.7 Å². The van der Waals surface area contributed by atoms with E-state index >= 15 is 0 Å². The number of fused-ring (bicyclic) bond motifs is 6. The van der Waals surface area contributed by atoms with Crippen LogP contribution in [0.5, 0.6) is 5.88 Å². The van der Waals surface area contributed by atoms with Gasteiger partial charge in [-0.2, -0.15) is 0 Å². The Morgan fingerprint density at radius 1 is 1.05 bits per heavy atom. The smallest absolute Gasteiger partial charge is 0.318 e. The van der Waals surface area contributed by atoms with Gasteiger partial charge >= 0.3 is 6.03 Å². The van der Waals surface area contributed by atoms with Crippen molar-refractivity contribution in [2.45, 2.75) is 106 Å². The molecule has 5 heterocycles. The molecule has 1 aromatic carbocycles. The predicted molar refractivity (Wildman–Crippen MR) is 215 cm³/mol. The summed E-state index contributed by atoms with van der Waals surface area (Å²) in [5, 5.41) is 7.29. The summed E-state index contributed by atoms with van der Waals surface area (Å²) < 4.78 is 42.9. The number of urea groups is 1. The van der Waals surface area contributed by atoms with Crippen LogP contribution in [0.3, 0.4) is 0 Å². The fourth-order valence-corrected chi connectivity index (χ4v) is 10.9. The first kappa shape index (κ1) is 38.6. The van der Waals surface area contributed by atoms with Crippen molar-refractivity contribution in [2.24, 2.45) is 11.8 Å². The predicted octanol–water partition coefficient (Wildman–Crippen LogP) is 3.44. The summed E-state index contributed by atoms with van der Waals surface area (Å²) in [5.41, 5.74) is 1.03. The number of amides is 5. The molecule has 0 radical (unpaired) electrons. The lowest BCUT2D eigenvalue weighted by Crippen LogP contribution is -2.59. The number of benzene rings is 1. The number of ether oxygens (including phenoxy) is 2. The summed E-state index contributed by atoms with van der Waals surface area (Å²) in [7, 11) is -3.90. The number of allylic oxidation sites excluding steroid dienone is 1. The highest BCUT2D eigenvalue weighted by Gasteiger charge is 2.62. The molecule has 5 fully saturated rings. The number of hydrogen-bond acceptors (Lipinski definition) is 9. The van der Waals surface area contributed by atoms with E-state index in [-0.39, 0.29) is 37.4 Å². The summed E-state index contributed by atoms with van der Waals surface area (Å²) in [5.74, 6) is -2.10. The Hall–Kier alpha value is -4.96. The van der Waals surface area contributed by atoms with E-state index in [2.05, 4.69) is 39.6 Å². The molecule has 15 nitrogen and oxygen atoms in total. The van der Waals surface area contributed by atoms with Gasteiger partial charge in [-0.05, 0) is 63.0 Å². The Morgan fingerprint density at radius 3 is 2.60 bits per heavy atom. The molecule has 6 atom stereocenters. The first-order valence-corrected chi connectivity index (χ1v) is 22.2. The van der Waals surface area contributed by atoms with E-state index in [9.17, 15) is 27.6 Å². The molecule has 3 aliphatic carbocycles. The van der Waals surface area contributed by atoms with Crippen LogP contribution in [0.4, 0.5) is 4.79 Å². The zero-order chi connectivity index (χ0) is 40.3. The van der Waals surface area contributed by atoms with Crippen LogP contribution in [0, 0.1) is 18.8 Å². The Labute approximate surface area is 337 Å². The van der Waals surface area contributed by atoms with Crippen LogP contribution in [-0.4, -0.2) is 113 Å². The highest BCUT2D eigenvalue weighted by Crippen LogP contribution is 2.46. The van der Waals surface area contributed by atoms with E-state index in [0.29, 0.717) is 51.4 Å². The normalized spacial score (nSPS) is 29.4. The number of carbonyl (C=O) groups is 4. The third-order valence-electron chi connectivity index (χ3n) is 13.0.